The van der Waals surface area contributed by atoms with Crippen LogP contribution in [0.4, 0.5) is 21.7 Å². The normalized spacial score (nSPS) is 10.7. The lowest BCUT2D eigenvalue weighted by Crippen LogP contribution is -2.17. The zero-order valence-electron chi connectivity index (χ0n) is 15.9. The van der Waals surface area contributed by atoms with Crippen LogP contribution in [0.1, 0.15) is 5.56 Å². The molecule has 0 aliphatic rings. The van der Waals surface area contributed by atoms with Crippen molar-refractivity contribution in [3.8, 4) is 22.8 Å². The van der Waals surface area contributed by atoms with Gasteiger partial charge in [0.15, 0.2) is 17.5 Å². The van der Waals surface area contributed by atoms with Gasteiger partial charge >= 0.3 is 0 Å². The standard InChI is InChI=1S/C20H16FN7O2S/c21-13-4-2-1-3-11(13)8-28-15(12-5-6-31-10-12)7-14(27-28)20-25-18(22)17(19(23)26-20)24-16(30)9-29/h1-7,9-10H,8H2,(H,24,30)(H4,22,23,25,26). The van der Waals surface area contributed by atoms with Crippen molar-refractivity contribution < 1.29 is 14.0 Å². The molecule has 156 valence electrons. The number of anilines is 3. The summed E-state index contributed by atoms with van der Waals surface area (Å²) in [6.07, 6.45) is 0.0876. The molecule has 1 aromatic carbocycles. The second-order valence-corrected chi connectivity index (χ2v) is 7.26. The Hall–Kier alpha value is -4.12. The van der Waals surface area contributed by atoms with Crippen LogP contribution >= 0.6 is 11.3 Å². The summed E-state index contributed by atoms with van der Waals surface area (Å²) in [6, 6.07) is 10.1. The highest BCUT2D eigenvalue weighted by Crippen LogP contribution is 2.30. The topological polar surface area (TPSA) is 142 Å². The van der Waals surface area contributed by atoms with Gasteiger partial charge in [0.05, 0.1) is 12.2 Å². The molecule has 0 saturated heterocycles. The minimum absolute atomic E-state index is 0.0512. The van der Waals surface area contributed by atoms with E-state index in [1.165, 1.54) is 17.4 Å². The molecule has 0 fully saturated rings. The van der Waals surface area contributed by atoms with Gasteiger partial charge in [-0.25, -0.2) is 14.4 Å². The van der Waals surface area contributed by atoms with Crippen molar-refractivity contribution in [3.63, 3.8) is 0 Å². The number of nitrogens with two attached hydrogens (primary N) is 2. The van der Waals surface area contributed by atoms with E-state index in [9.17, 15) is 14.0 Å². The first-order valence-electron chi connectivity index (χ1n) is 8.99. The number of halogens is 1. The Morgan fingerprint density at radius 3 is 2.58 bits per heavy atom. The second kappa shape index (κ2) is 8.32. The lowest BCUT2D eigenvalue weighted by Gasteiger charge is -2.09. The van der Waals surface area contributed by atoms with Crippen molar-refractivity contribution in [3.05, 3.63) is 58.5 Å². The van der Waals surface area contributed by atoms with Gasteiger partial charge in [-0.1, -0.05) is 18.2 Å². The fraction of sp³-hybridized carbons (Fsp3) is 0.0500. The molecule has 0 aliphatic heterocycles. The Bertz CT molecular complexity index is 1250. The van der Waals surface area contributed by atoms with Gasteiger partial charge in [-0.15, -0.1) is 0 Å². The van der Waals surface area contributed by atoms with Crippen LogP contribution < -0.4 is 16.8 Å². The maximum Gasteiger partial charge on any atom is 0.288 e. The zero-order chi connectivity index (χ0) is 22.0. The van der Waals surface area contributed by atoms with Crippen molar-refractivity contribution in [2.75, 3.05) is 16.8 Å². The van der Waals surface area contributed by atoms with E-state index in [1.807, 2.05) is 16.8 Å². The van der Waals surface area contributed by atoms with E-state index in [1.54, 1.807) is 28.9 Å². The summed E-state index contributed by atoms with van der Waals surface area (Å²) in [6.45, 7) is 0.191. The molecular formula is C20H16FN7O2S. The average molecular weight is 437 g/mol. The van der Waals surface area contributed by atoms with Crippen LogP contribution in [-0.4, -0.2) is 31.9 Å². The SMILES string of the molecule is Nc1nc(-c2cc(-c3ccsc3)n(Cc3ccccc3F)n2)nc(N)c1NC(=O)C=O. The van der Waals surface area contributed by atoms with Gasteiger partial charge in [-0.05, 0) is 23.6 Å². The van der Waals surface area contributed by atoms with Crippen LogP contribution in [0.5, 0.6) is 0 Å². The molecule has 3 heterocycles. The molecule has 0 bridgehead atoms. The number of hydrogen-bond donors (Lipinski definition) is 3. The molecule has 0 saturated carbocycles. The van der Waals surface area contributed by atoms with Gasteiger partial charge in [0.1, 0.15) is 17.2 Å². The van der Waals surface area contributed by atoms with Crippen LogP contribution in [0.25, 0.3) is 22.8 Å². The number of aromatic nitrogens is 4. The molecule has 0 atom stereocenters. The predicted octanol–water partition coefficient (Wildman–Crippen LogP) is 2.56. The largest absolute Gasteiger partial charge is 0.382 e. The molecule has 1 amide bonds. The van der Waals surface area contributed by atoms with E-state index < -0.39 is 5.91 Å². The molecule has 0 aliphatic carbocycles. The quantitative estimate of drug-likeness (QED) is 0.311. The number of amides is 1. The van der Waals surface area contributed by atoms with Crippen LogP contribution in [0.15, 0.2) is 47.2 Å². The van der Waals surface area contributed by atoms with Gasteiger partial charge in [0, 0.05) is 16.5 Å². The number of rotatable bonds is 6. The predicted molar refractivity (Wildman–Crippen MR) is 116 cm³/mol. The van der Waals surface area contributed by atoms with E-state index >= 15 is 0 Å². The lowest BCUT2D eigenvalue weighted by molar-refractivity contribution is -0.127. The van der Waals surface area contributed by atoms with Crippen molar-refractivity contribution in [2.45, 2.75) is 6.54 Å². The third-order valence-electron chi connectivity index (χ3n) is 4.42. The highest BCUT2D eigenvalue weighted by molar-refractivity contribution is 7.08. The number of nitrogen functional groups attached to an aromatic ring is 2. The summed E-state index contributed by atoms with van der Waals surface area (Å²) < 4.78 is 15.9. The van der Waals surface area contributed by atoms with Crippen LogP contribution in [0.2, 0.25) is 0 Å². The molecule has 4 aromatic rings. The molecule has 0 radical (unpaired) electrons. The second-order valence-electron chi connectivity index (χ2n) is 6.48. The molecule has 0 unspecified atom stereocenters. The highest BCUT2D eigenvalue weighted by atomic mass is 32.1. The molecular weight excluding hydrogens is 421 g/mol. The first-order chi connectivity index (χ1) is 15.0. The van der Waals surface area contributed by atoms with Crippen molar-refractivity contribution >= 4 is 40.9 Å². The van der Waals surface area contributed by atoms with Crippen molar-refractivity contribution in [1.29, 1.82) is 0 Å². The number of aldehydes is 1. The lowest BCUT2D eigenvalue weighted by atomic mass is 10.2. The Kier molecular flexibility index (Phi) is 5.41. The van der Waals surface area contributed by atoms with E-state index in [0.29, 0.717) is 11.3 Å². The van der Waals surface area contributed by atoms with Crippen LogP contribution in [0, 0.1) is 5.82 Å². The maximum absolute atomic E-state index is 14.2. The van der Waals surface area contributed by atoms with Gasteiger partial charge < -0.3 is 16.8 Å². The Balaban J connectivity index is 1.77. The monoisotopic (exact) mass is 437 g/mol. The first-order valence-corrected chi connectivity index (χ1v) is 9.94. The number of carbonyl (C=O) groups excluding carboxylic acids is 2. The van der Waals surface area contributed by atoms with E-state index in [0.717, 1.165) is 11.3 Å². The van der Waals surface area contributed by atoms with Crippen molar-refractivity contribution in [2.24, 2.45) is 0 Å². The first kappa shape index (κ1) is 20.2. The molecule has 5 N–H and O–H groups in total. The minimum atomic E-state index is -0.927. The van der Waals surface area contributed by atoms with Crippen LogP contribution in [0.3, 0.4) is 0 Å². The summed E-state index contributed by atoms with van der Waals surface area (Å²) in [5.74, 6) is -1.36. The van der Waals surface area contributed by atoms with Gasteiger partial charge in [0.2, 0.25) is 6.29 Å². The number of hydrogen-bond acceptors (Lipinski definition) is 8. The summed E-state index contributed by atoms with van der Waals surface area (Å²) >= 11 is 1.52. The number of nitrogens with zero attached hydrogens (tertiary/aromatic N) is 4. The average Bonchev–Trinajstić information content (AvgIpc) is 3.42. The summed E-state index contributed by atoms with van der Waals surface area (Å²) in [7, 11) is 0. The Labute approximate surface area is 179 Å². The zero-order valence-corrected chi connectivity index (χ0v) is 16.8. The molecule has 9 nitrogen and oxygen atoms in total. The minimum Gasteiger partial charge on any atom is -0.382 e. The Morgan fingerprint density at radius 1 is 1.19 bits per heavy atom. The van der Waals surface area contributed by atoms with Gasteiger partial charge in [-0.3, -0.25) is 14.3 Å². The third-order valence-corrected chi connectivity index (χ3v) is 5.11. The number of benzene rings is 1. The maximum atomic E-state index is 14.2. The number of carbonyl (C=O) groups is 2. The highest BCUT2D eigenvalue weighted by Gasteiger charge is 2.19. The fourth-order valence-corrected chi connectivity index (χ4v) is 3.62. The molecule has 11 heteroatoms. The smallest absolute Gasteiger partial charge is 0.288 e. The van der Waals surface area contributed by atoms with E-state index in [4.69, 9.17) is 11.5 Å². The summed E-state index contributed by atoms with van der Waals surface area (Å²) in [4.78, 5) is 30.2. The molecule has 4 rings (SSSR count). The fourth-order valence-electron chi connectivity index (χ4n) is 2.97. The van der Waals surface area contributed by atoms with Gasteiger partial charge in [0.25, 0.3) is 5.91 Å². The summed E-state index contributed by atoms with van der Waals surface area (Å²) in [5.41, 5.74) is 14.2. The molecule has 3 aromatic heterocycles. The van der Waals surface area contributed by atoms with Gasteiger partial charge in [-0.2, -0.15) is 16.4 Å². The van der Waals surface area contributed by atoms with Crippen molar-refractivity contribution in [1.82, 2.24) is 19.7 Å². The molecule has 0 spiro atoms. The van der Waals surface area contributed by atoms with Crippen LogP contribution in [-0.2, 0) is 16.1 Å². The van der Waals surface area contributed by atoms with E-state index in [-0.39, 0.29) is 41.8 Å². The number of thiophene rings is 1. The van der Waals surface area contributed by atoms with E-state index in [2.05, 4.69) is 20.4 Å². The third kappa shape index (κ3) is 4.12. The Morgan fingerprint density at radius 2 is 1.94 bits per heavy atom. The summed E-state index contributed by atoms with van der Waals surface area (Å²) in [5, 5.41) is 10.6. The molecule has 31 heavy (non-hydrogen) atoms. The number of nitrogens with one attached hydrogen (secondary N) is 1.